The normalized spacial score (nSPS) is 13.1. The van der Waals surface area contributed by atoms with Crippen molar-refractivity contribution in [2.45, 2.75) is 38.5 Å². The van der Waals surface area contributed by atoms with Crippen LogP contribution in [-0.2, 0) is 17.0 Å². The zero-order chi connectivity index (χ0) is 21.5. The molecule has 0 aliphatic heterocycles. The fourth-order valence-corrected chi connectivity index (χ4v) is 3.09. The smallest absolute Gasteiger partial charge is 0.380 e. The van der Waals surface area contributed by atoms with Crippen LogP contribution in [0.2, 0.25) is 0 Å². The molecule has 9 heteroatoms. The molecule has 0 unspecified atom stereocenters. The molecule has 2 aromatic rings. The van der Waals surface area contributed by atoms with Crippen molar-refractivity contribution < 1.29 is 39.9 Å². The zero-order valence-electron chi connectivity index (χ0n) is 15.0. The standard InChI is InChI=1S/C19H16F8O/c1-10-6-12(9-28-3)16(14-5-4-13(20)8-11(14)2)15(7-10)17(21,18(22,23)24)19(25,26)27/h4-8H,9H2,1-3H3. The van der Waals surface area contributed by atoms with E-state index >= 15 is 0 Å². The van der Waals surface area contributed by atoms with Crippen molar-refractivity contribution >= 4 is 0 Å². The Hall–Kier alpha value is -2.16. The number of methoxy groups -OCH3 is 1. The average molecular weight is 412 g/mol. The van der Waals surface area contributed by atoms with Crippen LogP contribution in [0.4, 0.5) is 35.1 Å². The van der Waals surface area contributed by atoms with Crippen LogP contribution < -0.4 is 0 Å². The fraction of sp³-hybridized carbons (Fsp3) is 0.368. The highest BCUT2D eigenvalue weighted by Gasteiger charge is 2.74. The van der Waals surface area contributed by atoms with Gasteiger partial charge in [0.25, 0.3) is 0 Å². The van der Waals surface area contributed by atoms with Crippen LogP contribution in [0.1, 0.15) is 22.3 Å². The maximum atomic E-state index is 14.9. The summed E-state index contributed by atoms with van der Waals surface area (Å²) in [5.74, 6) is -0.735. The van der Waals surface area contributed by atoms with Gasteiger partial charge in [-0.05, 0) is 48.2 Å². The third-order valence-electron chi connectivity index (χ3n) is 4.27. The van der Waals surface area contributed by atoms with Gasteiger partial charge in [0.15, 0.2) is 0 Å². The second-order valence-electron chi connectivity index (χ2n) is 6.39. The van der Waals surface area contributed by atoms with Gasteiger partial charge in [0, 0.05) is 12.7 Å². The maximum Gasteiger partial charge on any atom is 0.435 e. The topological polar surface area (TPSA) is 9.23 Å². The molecule has 154 valence electrons. The van der Waals surface area contributed by atoms with Crippen molar-refractivity contribution in [2.24, 2.45) is 0 Å². The molecular weight excluding hydrogens is 396 g/mol. The van der Waals surface area contributed by atoms with Crippen molar-refractivity contribution in [1.29, 1.82) is 0 Å². The molecule has 0 atom stereocenters. The largest absolute Gasteiger partial charge is 0.435 e. The first kappa shape index (κ1) is 22.1. The lowest BCUT2D eigenvalue weighted by Gasteiger charge is -2.33. The summed E-state index contributed by atoms with van der Waals surface area (Å²) >= 11 is 0. The molecule has 0 aromatic heterocycles. The second kappa shape index (κ2) is 7.35. The third-order valence-corrected chi connectivity index (χ3v) is 4.27. The van der Waals surface area contributed by atoms with E-state index in [0.717, 1.165) is 18.2 Å². The Labute approximate surface area is 155 Å². The Morgan fingerprint density at radius 1 is 0.857 bits per heavy atom. The van der Waals surface area contributed by atoms with Gasteiger partial charge >= 0.3 is 18.0 Å². The molecule has 28 heavy (non-hydrogen) atoms. The number of halogens is 8. The van der Waals surface area contributed by atoms with E-state index in [2.05, 4.69) is 0 Å². The molecule has 0 N–H and O–H groups in total. The highest BCUT2D eigenvalue weighted by Crippen LogP contribution is 2.56. The lowest BCUT2D eigenvalue weighted by atomic mass is 9.82. The van der Waals surface area contributed by atoms with Crippen LogP contribution in [0.3, 0.4) is 0 Å². The molecule has 0 spiro atoms. The van der Waals surface area contributed by atoms with Gasteiger partial charge in [-0.1, -0.05) is 23.8 Å². The molecule has 0 amide bonds. The molecule has 0 fully saturated rings. The van der Waals surface area contributed by atoms with Gasteiger partial charge in [-0.3, -0.25) is 0 Å². The Kier molecular flexibility index (Phi) is 5.81. The molecule has 0 aliphatic rings. The Bertz CT molecular complexity index is 853. The van der Waals surface area contributed by atoms with Crippen LogP contribution in [0, 0.1) is 19.7 Å². The van der Waals surface area contributed by atoms with Crippen molar-refractivity contribution in [1.82, 2.24) is 0 Å². The average Bonchev–Trinajstić information content (AvgIpc) is 2.52. The predicted octanol–water partition coefficient (Wildman–Crippen LogP) is 6.55. The monoisotopic (exact) mass is 412 g/mol. The summed E-state index contributed by atoms with van der Waals surface area (Å²) in [6.07, 6.45) is -12.5. The van der Waals surface area contributed by atoms with E-state index in [4.69, 9.17) is 4.74 Å². The van der Waals surface area contributed by atoms with Crippen LogP contribution in [-0.4, -0.2) is 19.5 Å². The van der Waals surface area contributed by atoms with E-state index in [1.807, 2.05) is 0 Å². The lowest BCUT2D eigenvalue weighted by Crippen LogP contribution is -2.50. The van der Waals surface area contributed by atoms with Crippen molar-refractivity contribution in [2.75, 3.05) is 7.11 Å². The summed E-state index contributed by atoms with van der Waals surface area (Å²) < 4.78 is 114. The molecule has 1 nitrogen and oxygen atoms in total. The number of hydrogen-bond acceptors (Lipinski definition) is 1. The quantitative estimate of drug-likeness (QED) is 0.518. The van der Waals surface area contributed by atoms with E-state index in [1.54, 1.807) is 0 Å². The first-order valence-electron chi connectivity index (χ1n) is 7.96. The fourth-order valence-electron chi connectivity index (χ4n) is 3.09. The van der Waals surface area contributed by atoms with Crippen LogP contribution in [0.25, 0.3) is 11.1 Å². The molecule has 0 saturated carbocycles. The van der Waals surface area contributed by atoms with E-state index in [0.29, 0.717) is 6.07 Å². The summed E-state index contributed by atoms with van der Waals surface area (Å²) in [7, 11) is 1.19. The molecule has 0 aliphatic carbocycles. The van der Waals surface area contributed by atoms with E-state index in [9.17, 15) is 35.1 Å². The zero-order valence-corrected chi connectivity index (χ0v) is 15.0. The van der Waals surface area contributed by atoms with Gasteiger partial charge in [-0.25, -0.2) is 8.78 Å². The molecular formula is C19H16F8O. The molecule has 0 saturated heterocycles. The van der Waals surface area contributed by atoms with Gasteiger partial charge in [0.2, 0.25) is 0 Å². The number of ether oxygens (including phenoxy) is 1. The number of benzene rings is 2. The first-order chi connectivity index (χ1) is 12.7. The lowest BCUT2D eigenvalue weighted by molar-refractivity contribution is -0.348. The highest BCUT2D eigenvalue weighted by atomic mass is 19.4. The Morgan fingerprint density at radius 3 is 1.89 bits per heavy atom. The van der Waals surface area contributed by atoms with Crippen molar-refractivity contribution in [3.05, 3.63) is 58.4 Å². The number of rotatable bonds is 4. The summed E-state index contributed by atoms with van der Waals surface area (Å²) in [5, 5.41) is 0. The third kappa shape index (κ3) is 3.72. The van der Waals surface area contributed by atoms with Crippen LogP contribution >= 0.6 is 0 Å². The predicted molar refractivity (Wildman–Crippen MR) is 86.9 cm³/mol. The van der Waals surface area contributed by atoms with Gasteiger partial charge < -0.3 is 4.74 Å². The first-order valence-corrected chi connectivity index (χ1v) is 7.96. The minimum Gasteiger partial charge on any atom is -0.380 e. The molecule has 0 heterocycles. The van der Waals surface area contributed by atoms with Gasteiger partial charge in [-0.2, -0.15) is 26.3 Å². The van der Waals surface area contributed by atoms with Crippen LogP contribution in [0.15, 0.2) is 30.3 Å². The molecule has 2 rings (SSSR count). The number of hydrogen-bond donors (Lipinski definition) is 0. The second-order valence-corrected chi connectivity index (χ2v) is 6.39. The Balaban J connectivity index is 3.02. The summed E-state index contributed by atoms with van der Waals surface area (Å²) in [5.41, 5.74) is -8.04. The summed E-state index contributed by atoms with van der Waals surface area (Å²) in [6.45, 7) is 2.18. The minimum absolute atomic E-state index is 0.0129. The van der Waals surface area contributed by atoms with Gasteiger partial charge in [0.05, 0.1) is 6.61 Å². The van der Waals surface area contributed by atoms with Crippen LogP contribution in [0.5, 0.6) is 0 Å². The Morgan fingerprint density at radius 2 is 1.43 bits per heavy atom. The van der Waals surface area contributed by atoms with Crippen molar-refractivity contribution in [3.8, 4) is 11.1 Å². The highest BCUT2D eigenvalue weighted by molar-refractivity contribution is 5.76. The van der Waals surface area contributed by atoms with Crippen molar-refractivity contribution in [3.63, 3.8) is 0 Å². The summed E-state index contributed by atoms with van der Waals surface area (Å²) in [6, 6.07) is 4.65. The molecule has 2 aromatic carbocycles. The van der Waals surface area contributed by atoms with E-state index in [1.165, 1.54) is 27.0 Å². The maximum absolute atomic E-state index is 14.9. The van der Waals surface area contributed by atoms with E-state index < -0.39 is 35.0 Å². The minimum atomic E-state index is -6.27. The summed E-state index contributed by atoms with van der Waals surface area (Å²) in [4.78, 5) is 0. The van der Waals surface area contributed by atoms with Gasteiger partial charge in [-0.15, -0.1) is 0 Å². The number of aryl methyl sites for hydroxylation is 2. The van der Waals surface area contributed by atoms with Gasteiger partial charge in [0.1, 0.15) is 5.82 Å². The van der Waals surface area contributed by atoms with E-state index in [-0.39, 0.29) is 28.9 Å². The SMILES string of the molecule is COCc1cc(C)cc(C(F)(C(F)(F)F)C(F)(F)F)c1-c1ccc(F)cc1C. The number of alkyl halides is 7. The molecule has 0 radical (unpaired) electrons. The molecule has 0 bridgehead atoms.